The number of para-hydroxylation sites is 1. The summed E-state index contributed by atoms with van der Waals surface area (Å²) in [5.41, 5.74) is 11.1. The number of fused-ring (bicyclic) bond motifs is 2. The minimum atomic E-state index is -0.261. The third kappa shape index (κ3) is 3.86. The Hall–Kier alpha value is -3.50. The summed E-state index contributed by atoms with van der Waals surface area (Å²) in [5, 5.41) is 7.52. The van der Waals surface area contributed by atoms with Crippen molar-refractivity contribution in [3.05, 3.63) is 88.1 Å². The second-order valence-corrected chi connectivity index (χ2v) is 10.6. The van der Waals surface area contributed by atoms with E-state index in [9.17, 15) is 0 Å². The Morgan fingerprint density at radius 3 is 2.59 bits per heavy atom. The first-order chi connectivity index (χ1) is 17.9. The number of nitrogens with zero attached hydrogens (tertiary/aromatic N) is 4. The fourth-order valence-corrected chi connectivity index (χ4v) is 5.99. The molecule has 5 nitrogen and oxygen atoms in total. The highest BCUT2D eigenvalue weighted by Gasteiger charge is 2.30. The molecule has 0 saturated heterocycles. The smallest absolute Gasteiger partial charge is 0.165 e. The molecule has 0 amide bonds. The van der Waals surface area contributed by atoms with Gasteiger partial charge in [-0.25, -0.2) is 14.1 Å². The molecule has 1 aliphatic heterocycles. The monoisotopic (exact) mass is 511 g/mol. The normalized spacial score (nSPS) is 13.4. The van der Waals surface area contributed by atoms with Crippen LogP contribution >= 0.6 is 9.24 Å². The van der Waals surface area contributed by atoms with Crippen molar-refractivity contribution in [2.24, 2.45) is 0 Å². The van der Waals surface area contributed by atoms with E-state index in [1.807, 2.05) is 6.92 Å². The van der Waals surface area contributed by atoms with Crippen molar-refractivity contribution in [2.75, 3.05) is 11.4 Å². The largest absolute Gasteiger partial charge is 0.360 e. The quantitative estimate of drug-likeness (QED) is 0.297. The van der Waals surface area contributed by atoms with Crippen molar-refractivity contribution in [3.63, 3.8) is 0 Å². The summed E-state index contributed by atoms with van der Waals surface area (Å²) in [5.74, 6) is 0.152. The Morgan fingerprint density at radius 1 is 1.08 bits per heavy atom. The zero-order valence-electron chi connectivity index (χ0n) is 21.7. The van der Waals surface area contributed by atoms with Gasteiger partial charge in [0.25, 0.3) is 0 Å². The molecule has 0 aliphatic carbocycles. The van der Waals surface area contributed by atoms with E-state index in [1.54, 1.807) is 12.3 Å². The summed E-state index contributed by atoms with van der Waals surface area (Å²) in [6.07, 6.45) is 5.35. The summed E-state index contributed by atoms with van der Waals surface area (Å²) >= 11 is 0. The molecule has 0 spiro atoms. The summed E-state index contributed by atoms with van der Waals surface area (Å²) < 4.78 is 17.3. The van der Waals surface area contributed by atoms with Crippen LogP contribution in [0.3, 0.4) is 0 Å². The number of H-pyrrole nitrogens is 1. The van der Waals surface area contributed by atoms with Crippen molar-refractivity contribution < 1.29 is 4.39 Å². The lowest BCUT2D eigenvalue weighted by atomic mass is 9.96. The topological polar surface area (TPSA) is 49.7 Å². The molecule has 5 aromatic rings. The average molecular weight is 512 g/mol. The van der Waals surface area contributed by atoms with Crippen LogP contribution in [0.1, 0.15) is 40.4 Å². The molecular formula is C30H31FN5P. The molecule has 6 rings (SSSR count). The fourth-order valence-electron chi connectivity index (χ4n) is 5.66. The van der Waals surface area contributed by atoms with Crippen molar-refractivity contribution >= 4 is 31.3 Å². The SMILES string of the molecule is CCc1cnc(N2CCc3nn(-c4c(C)cccc4C)c(-c4ccc(P)c5[nH]cc(C)c45)c3C2)c(F)c1. The second-order valence-electron chi connectivity index (χ2n) is 10.0. The number of rotatable bonds is 4. The summed E-state index contributed by atoms with van der Waals surface area (Å²) in [4.78, 5) is 10.0. The van der Waals surface area contributed by atoms with Gasteiger partial charge in [0.05, 0.1) is 22.6 Å². The summed E-state index contributed by atoms with van der Waals surface area (Å²) in [7, 11) is 2.84. The van der Waals surface area contributed by atoms with Crippen LogP contribution in [-0.2, 0) is 19.4 Å². The van der Waals surface area contributed by atoms with Crippen molar-refractivity contribution in [1.29, 1.82) is 0 Å². The number of aryl methyl sites for hydroxylation is 4. The molecule has 188 valence electrons. The van der Waals surface area contributed by atoms with Crippen molar-refractivity contribution in [1.82, 2.24) is 19.7 Å². The minimum absolute atomic E-state index is 0.261. The van der Waals surface area contributed by atoms with Gasteiger partial charge in [-0.1, -0.05) is 37.3 Å². The Kier molecular flexibility index (Phi) is 5.88. The van der Waals surface area contributed by atoms with Crippen LogP contribution in [0, 0.1) is 26.6 Å². The van der Waals surface area contributed by atoms with Gasteiger partial charge in [-0.15, -0.1) is 9.24 Å². The molecule has 0 saturated carbocycles. The third-order valence-corrected chi connectivity index (χ3v) is 8.07. The van der Waals surface area contributed by atoms with Gasteiger partial charge in [0.1, 0.15) is 0 Å². The highest BCUT2D eigenvalue weighted by Crippen LogP contribution is 2.39. The van der Waals surface area contributed by atoms with Gasteiger partial charge in [-0.3, -0.25) is 0 Å². The third-order valence-electron chi connectivity index (χ3n) is 7.59. The Bertz CT molecular complexity index is 1640. The van der Waals surface area contributed by atoms with E-state index in [-0.39, 0.29) is 5.82 Å². The molecular weight excluding hydrogens is 480 g/mol. The van der Waals surface area contributed by atoms with E-state index < -0.39 is 0 Å². The fraction of sp³-hybridized carbons (Fsp3) is 0.267. The maximum atomic E-state index is 15.1. The zero-order valence-corrected chi connectivity index (χ0v) is 22.8. The number of anilines is 1. The number of aromatic nitrogens is 4. The Labute approximate surface area is 218 Å². The number of halogens is 1. The molecule has 2 aromatic carbocycles. The minimum Gasteiger partial charge on any atom is -0.360 e. The number of nitrogens with one attached hydrogen (secondary N) is 1. The predicted octanol–water partition coefficient (Wildman–Crippen LogP) is 6.11. The van der Waals surface area contributed by atoms with Crippen molar-refractivity contribution in [2.45, 2.75) is 47.1 Å². The predicted molar refractivity (Wildman–Crippen MR) is 153 cm³/mol. The highest BCUT2D eigenvalue weighted by atomic mass is 31.0. The molecule has 4 heterocycles. The first-order valence-corrected chi connectivity index (χ1v) is 13.4. The lowest BCUT2D eigenvalue weighted by Gasteiger charge is -2.28. The van der Waals surface area contributed by atoms with Gasteiger partial charge < -0.3 is 9.88 Å². The first-order valence-electron chi connectivity index (χ1n) is 12.8. The van der Waals surface area contributed by atoms with E-state index in [4.69, 9.17) is 5.10 Å². The van der Waals surface area contributed by atoms with E-state index >= 15 is 4.39 Å². The number of benzene rings is 2. The van der Waals surface area contributed by atoms with Crippen LogP contribution in [0.5, 0.6) is 0 Å². The van der Waals surface area contributed by atoms with Crippen molar-refractivity contribution in [3.8, 4) is 16.9 Å². The standard InChI is InChI=1S/C30H31FN5P/c1-5-20-13-23(31)30(33-15-20)35-12-11-24-22(16-35)29(36(34-24)28-17(2)7-6-8-18(28)3)21-9-10-25(37)27-26(21)19(4)14-32-27/h6-10,13-15,32H,5,11-12,16,37H2,1-4H3. The molecule has 7 heteroatoms. The molecule has 3 aromatic heterocycles. The van der Waals surface area contributed by atoms with Gasteiger partial charge in [-0.05, 0) is 60.8 Å². The molecule has 1 unspecified atom stereocenters. The van der Waals surface area contributed by atoms with Crippen LogP contribution < -0.4 is 10.2 Å². The maximum absolute atomic E-state index is 15.1. The lowest BCUT2D eigenvalue weighted by molar-refractivity contribution is 0.598. The van der Waals surface area contributed by atoms with Crippen LogP contribution in [0.4, 0.5) is 10.2 Å². The highest BCUT2D eigenvalue weighted by molar-refractivity contribution is 7.28. The molecule has 0 bridgehead atoms. The average Bonchev–Trinajstić information content (AvgIpc) is 3.45. The van der Waals surface area contributed by atoms with E-state index in [2.05, 4.69) is 86.1 Å². The van der Waals surface area contributed by atoms with E-state index in [0.717, 1.165) is 57.4 Å². The van der Waals surface area contributed by atoms with Gasteiger partial charge >= 0.3 is 0 Å². The van der Waals surface area contributed by atoms with E-state index in [0.29, 0.717) is 18.9 Å². The first kappa shape index (κ1) is 23.9. The van der Waals surface area contributed by atoms with Gasteiger partial charge in [0.15, 0.2) is 11.6 Å². The second kappa shape index (κ2) is 9.11. The molecule has 0 radical (unpaired) electrons. The van der Waals surface area contributed by atoms with Crippen LogP contribution in [0.25, 0.3) is 27.8 Å². The van der Waals surface area contributed by atoms with Crippen LogP contribution in [0.15, 0.2) is 48.8 Å². The number of pyridine rings is 1. The number of hydrogen-bond donors (Lipinski definition) is 1. The maximum Gasteiger partial charge on any atom is 0.165 e. The molecule has 37 heavy (non-hydrogen) atoms. The van der Waals surface area contributed by atoms with Gasteiger partial charge in [-0.2, -0.15) is 5.10 Å². The molecule has 0 fully saturated rings. The summed E-state index contributed by atoms with van der Waals surface area (Å²) in [6, 6.07) is 12.3. The zero-order chi connectivity index (χ0) is 25.8. The molecule has 1 atom stereocenters. The molecule has 1 N–H and O–H groups in total. The van der Waals surface area contributed by atoms with Crippen LogP contribution in [-0.4, -0.2) is 26.3 Å². The van der Waals surface area contributed by atoms with E-state index in [1.165, 1.54) is 22.1 Å². The van der Waals surface area contributed by atoms with Gasteiger partial charge in [0, 0.05) is 48.4 Å². The number of aromatic amines is 1. The van der Waals surface area contributed by atoms with Gasteiger partial charge in [0.2, 0.25) is 0 Å². The Morgan fingerprint density at radius 2 is 1.86 bits per heavy atom. The Balaban J connectivity index is 1.60. The lowest BCUT2D eigenvalue weighted by Crippen LogP contribution is -2.31. The molecule has 1 aliphatic rings. The number of hydrogen-bond acceptors (Lipinski definition) is 3. The summed E-state index contributed by atoms with van der Waals surface area (Å²) in [6.45, 7) is 9.65. The van der Waals surface area contributed by atoms with Crippen LogP contribution in [0.2, 0.25) is 0 Å².